The van der Waals surface area contributed by atoms with E-state index in [1.54, 1.807) is 14.1 Å². The Morgan fingerprint density at radius 2 is 2.23 bits per heavy atom. The SMILES string of the molecule is BNC1CN(C(=O)OCc2ccccc2)CC[C@H]1N(O)c1nc(Cl)c(C#N)cc1F. The minimum absolute atomic E-state index is 0.118. The van der Waals surface area contributed by atoms with Gasteiger partial charge in [0.25, 0.3) is 0 Å². The van der Waals surface area contributed by atoms with Gasteiger partial charge in [-0.1, -0.05) is 41.9 Å². The number of piperidine rings is 1. The van der Waals surface area contributed by atoms with Crippen LogP contribution in [0.4, 0.5) is 15.0 Å². The molecule has 1 saturated heterocycles. The van der Waals surface area contributed by atoms with Gasteiger partial charge in [0.05, 0.1) is 11.6 Å². The number of hydroxylamine groups is 1. The molecule has 1 aromatic heterocycles. The van der Waals surface area contributed by atoms with E-state index >= 15 is 0 Å². The summed E-state index contributed by atoms with van der Waals surface area (Å²) >= 11 is 5.88. The fourth-order valence-electron chi connectivity index (χ4n) is 3.35. The van der Waals surface area contributed by atoms with Crippen molar-refractivity contribution in [1.82, 2.24) is 15.1 Å². The highest BCUT2D eigenvalue weighted by atomic mass is 35.5. The molecule has 3 rings (SSSR count). The van der Waals surface area contributed by atoms with Gasteiger partial charge in [-0.25, -0.2) is 19.2 Å². The molecule has 8 nitrogen and oxygen atoms in total. The van der Waals surface area contributed by atoms with E-state index in [9.17, 15) is 14.4 Å². The number of nitrogens with one attached hydrogen (secondary N) is 1. The molecular weight excluding hydrogens is 412 g/mol. The number of aromatic nitrogens is 1. The number of carbonyl (C=O) groups excluding carboxylic acids is 1. The number of benzene rings is 1. The highest BCUT2D eigenvalue weighted by Crippen LogP contribution is 2.27. The number of nitriles is 1. The van der Waals surface area contributed by atoms with Gasteiger partial charge in [0.2, 0.25) is 0 Å². The lowest BCUT2D eigenvalue weighted by molar-refractivity contribution is 0.0707. The van der Waals surface area contributed by atoms with Gasteiger partial charge in [0.1, 0.15) is 17.8 Å². The fraction of sp³-hybridized carbons (Fsp3) is 0.316. The molecular formula is C19H20BClFN5O3. The highest BCUT2D eigenvalue weighted by Gasteiger charge is 2.36. The molecule has 11 heteroatoms. The molecule has 0 saturated carbocycles. The van der Waals surface area contributed by atoms with E-state index < -0.39 is 18.0 Å². The molecule has 30 heavy (non-hydrogen) atoms. The number of ether oxygens (including phenoxy) is 1. The van der Waals surface area contributed by atoms with Gasteiger partial charge in [0, 0.05) is 19.1 Å². The first-order valence-electron chi connectivity index (χ1n) is 9.31. The van der Waals surface area contributed by atoms with Crippen molar-refractivity contribution in [2.75, 3.05) is 18.2 Å². The summed E-state index contributed by atoms with van der Waals surface area (Å²) in [6.45, 7) is 0.714. The Bertz CT molecular complexity index is 946. The zero-order valence-electron chi connectivity index (χ0n) is 16.3. The third kappa shape index (κ3) is 4.82. The Kier molecular flexibility index (Phi) is 7.10. The molecule has 2 atom stereocenters. The third-order valence-electron chi connectivity index (χ3n) is 4.97. The molecule has 1 aliphatic heterocycles. The summed E-state index contributed by atoms with van der Waals surface area (Å²) in [5.74, 6) is -1.23. The van der Waals surface area contributed by atoms with Crippen LogP contribution < -0.4 is 10.3 Å². The Hall–Kier alpha value is -2.87. The maximum absolute atomic E-state index is 14.3. The van der Waals surface area contributed by atoms with Crippen LogP contribution in [0.1, 0.15) is 17.5 Å². The number of hydrogen-bond acceptors (Lipinski definition) is 7. The maximum atomic E-state index is 14.3. The number of rotatable bonds is 5. The number of likely N-dealkylation sites (tertiary alicyclic amines) is 1. The van der Waals surface area contributed by atoms with Crippen molar-refractivity contribution in [3.05, 3.63) is 58.5 Å². The standard InChI is InChI=1S/C19H20BClFN5O3/c20-25-15-10-26(19(28)30-11-12-4-2-1-3-5-12)7-6-16(15)27(29)18-14(22)8-13(9-23)17(21)24-18/h1-5,8,15-16,25,29H,6-7,10-11,20H2/t15?,16-/m1/s1. The smallest absolute Gasteiger partial charge is 0.410 e. The molecule has 1 fully saturated rings. The summed E-state index contributed by atoms with van der Waals surface area (Å²) in [4.78, 5) is 17.8. The molecule has 2 aromatic rings. The van der Waals surface area contributed by atoms with E-state index in [0.717, 1.165) is 11.6 Å². The van der Waals surface area contributed by atoms with Crippen LogP contribution >= 0.6 is 11.6 Å². The van der Waals surface area contributed by atoms with E-state index in [4.69, 9.17) is 21.6 Å². The van der Waals surface area contributed by atoms with Crippen LogP contribution in [-0.2, 0) is 11.3 Å². The second kappa shape index (κ2) is 9.76. The average molecular weight is 432 g/mol. The van der Waals surface area contributed by atoms with Crippen LogP contribution in [0, 0.1) is 17.1 Å². The van der Waals surface area contributed by atoms with E-state index in [0.29, 0.717) is 18.0 Å². The van der Waals surface area contributed by atoms with Gasteiger partial charge in [-0.05, 0) is 18.1 Å². The van der Waals surface area contributed by atoms with Crippen molar-refractivity contribution in [1.29, 1.82) is 5.26 Å². The minimum Gasteiger partial charge on any atom is -0.445 e. The summed E-state index contributed by atoms with van der Waals surface area (Å²) < 4.78 is 19.7. The predicted molar refractivity (Wildman–Crippen MR) is 110 cm³/mol. The van der Waals surface area contributed by atoms with Crippen molar-refractivity contribution in [2.24, 2.45) is 0 Å². The lowest BCUT2D eigenvalue weighted by atomic mass is 9.97. The van der Waals surface area contributed by atoms with E-state index in [-0.39, 0.29) is 35.7 Å². The number of amides is 1. The summed E-state index contributed by atoms with van der Waals surface area (Å²) in [7, 11) is 1.68. The monoisotopic (exact) mass is 431 g/mol. The van der Waals surface area contributed by atoms with Crippen LogP contribution in [0.3, 0.4) is 0 Å². The molecule has 1 aliphatic rings. The third-order valence-corrected chi connectivity index (χ3v) is 5.26. The number of halogens is 2. The van der Waals surface area contributed by atoms with Crippen LogP contribution in [0.25, 0.3) is 0 Å². The van der Waals surface area contributed by atoms with Gasteiger partial charge < -0.3 is 14.9 Å². The Morgan fingerprint density at radius 3 is 2.90 bits per heavy atom. The summed E-state index contributed by atoms with van der Waals surface area (Å²) in [6, 6.07) is 11.1. The van der Waals surface area contributed by atoms with Crippen molar-refractivity contribution in [3.8, 4) is 6.07 Å². The number of nitrogens with zero attached hydrogens (tertiary/aromatic N) is 4. The quantitative estimate of drug-likeness (QED) is 0.423. The minimum atomic E-state index is -0.863. The molecule has 1 unspecified atom stereocenters. The fourth-order valence-corrected chi connectivity index (χ4v) is 3.52. The Morgan fingerprint density at radius 1 is 1.50 bits per heavy atom. The van der Waals surface area contributed by atoms with Crippen LogP contribution in [-0.4, -0.2) is 54.3 Å². The molecule has 1 amide bonds. The summed E-state index contributed by atoms with van der Waals surface area (Å²) in [5, 5.41) is 23.1. The average Bonchev–Trinajstić information content (AvgIpc) is 2.78. The lowest BCUT2D eigenvalue weighted by Crippen LogP contribution is -2.60. The van der Waals surface area contributed by atoms with Crippen LogP contribution in [0.2, 0.25) is 5.15 Å². The normalized spacial score (nSPS) is 18.5. The van der Waals surface area contributed by atoms with Gasteiger partial charge in [0.15, 0.2) is 19.6 Å². The van der Waals surface area contributed by atoms with Crippen molar-refractivity contribution in [2.45, 2.75) is 25.1 Å². The molecule has 2 N–H and O–H groups in total. The predicted octanol–water partition coefficient (Wildman–Crippen LogP) is 1.86. The number of pyridine rings is 1. The Balaban J connectivity index is 1.66. The molecule has 0 aliphatic carbocycles. The maximum Gasteiger partial charge on any atom is 0.410 e. The van der Waals surface area contributed by atoms with E-state index in [1.165, 1.54) is 4.90 Å². The topological polar surface area (TPSA) is 102 Å². The largest absolute Gasteiger partial charge is 0.445 e. The molecule has 0 spiro atoms. The van der Waals surface area contributed by atoms with E-state index in [2.05, 4.69) is 10.2 Å². The number of carbonyl (C=O) groups is 1. The highest BCUT2D eigenvalue weighted by molar-refractivity contribution is 6.30. The van der Waals surface area contributed by atoms with Crippen molar-refractivity contribution in [3.63, 3.8) is 0 Å². The van der Waals surface area contributed by atoms with Gasteiger partial charge in [-0.2, -0.15) is 5.26 Å². The van der Waals surface area contributed by atoms with Crippen LogP contribution in [0.5, 0.6) is 0 Å². The summed E-state index contributed by atoms with van der Waals surface area (Å²) in [5.41, 5.74) is 0.763. The molecule has 156 valence electrons. The molecule has 0 radical (unpaired) electrons. The second-order valence-corrected chi connectivity index (χ2v) is 7.18. The van der Waals surface area contributed by atoms with Crippen molar-refractivity contribution >= 4 is 31.5 Å². The first-order valence-corrected chi connectivity index (χ1v) is 9.69. The summed E-state index contributed by atoms with van der Waals surface area (Å²) in [6.07, 6.45) is -0.131. The number of anilines is 1. The van der Waals surface area contributed by atoms with Gasteiger partial charge >= 0.3 is 6.09 Å². The zero-order chi connectivity index (χ0) is 21.7. The zero-order valence-corrected chi connectivity index (χ0v) is 17.0. The molecule has 0 bridgehead atoms. The lowest BCUT2D eigenvalue weighted by Gasteiger charge is -2.41. The number of hydrogen-bond donors (Lipinski definition) is 2. The Labute approximate surface area is 179 Å². The van der Waals surface area contributed by atoms with Gasteiger partial charge in [-0.15, -0.1) is 0 Å². The van der Waals surface area contributed by atoms with Crippen molar-refractivity contribution < 1.29 is 19.1 Å². The van der Waals surface area contributed by atoms with E-state index in [1.807, 2.05) is 30.3 Å². The first-order chi connectivity index (χ1) is 14.4. The molecule has 2 heterocycles. The first kappa shape index (κ1) is 21.8. The second-order valence-electron chi connectivity index (χ2n) is 6.83. The van der Waals surface area contributed by atoms with Crippen LogP contribution in [0.15, 0.2) is 36.4 Å². The van der Waals surface area contributed by atoms with Gasteiger partial charge in [-0.3, -0.25) is 5.21 Å². The molecule has 1 aromatic carbocycles.